The Hall–Kier alpha value is -2.36. The number of hydrogen-bond donors (Lipinski definition) is 2. The van der Waals surface area contributed by atoms with E-state index in [2.05, 4.69) is 25.3 Å². The number of aliphatic hydroxyl groups is 1. The molecule has 0 radical (unpaired) electrons. The summed E-state index contributed by atoms with van der Waals surface area (Å²) in [6.45, 7) is 0.793. The number of halogens is 3. The quantitative estimate of drug-likeness (QED) is 0.617. The zero-order valence-electron chi connectivity index (χ0n) is 16.5. The number of nitrogens with one attached hydrogen (secondary N) is 1. The molecule has 1 aliphatic carbocycles. The molecule has 0 aliphatic heterocycles. The van der Waals surface area contributed by atoms with Gasteiger partial charge in [0, 0.05) is 18.6 Å². The molecule has 0 atom stereocenters. The van der Waals surface area contributed by atoms with Crippen LogP contribution < -0.4 is 5.32 Å². The van der Waals surface area contributed by atoms with E-state index in [1.807, 2.05) is 7.05 Å². The molecule has 1 fully saturated rings. The fourth-order valence-corrected chi connectivity index (χ4v) is 4.12. The lowest BCUT2D eigenvalue weighted by molar-refractivity contribution is 0.149. The van der Waals surface area contributed by atoms with Crippen LogP contribution in [-0.2, 0) is 0 Å². The zero-order chi connectivity index (χ0) is 21.3. The summed E-state index contributed by atoms with van der Waals surface area (Å²) >= 11 is 6.20. The average Bonchev–Trinajstić information content (AvgIpc) is 3.10. The third-order valence-corrected chi connectivity index (χ3v) is 5.88. The van der Waals surface area contributed by atoms with Gasteiger partial charge in [-0.3, -0.25) is 0 Å². The SMILES string of the molecule is CN(CCO)C1CCC(Nc2nc(-c3c(F)cccc3F)nc3c(Cl)cnn23)CC1. The van der Waals surface area contributed by atoms with Crippen LogP contribution in [0.15, 0.2) is 24.4 Å². The molecular formula is C20H23ClF2N6O. The molecule has 2 heterocycles. The van der Waals surface area contributed by atoms with Gasteiger partial charge in [0.05, 0.1) is 18.4 Å². The first-order chi connectivity index (χ1) is 14.5. The maximum absolute atomic E-state index is 14.3. The minimum absolute atomic E-state index is 0.0839. The Kier molecular flexibility index (Phi) is 6.12. The Morgan fingerprint density at radius 3 is 2.57 bits per heavy atom. The van der Waals surface area contributed by atoms with Crippen LogP contribution in [0, 0.1) is 11.6 Å². The predicted octanol–water partition coefficient (Wildman–Crippen LogP) is 3.37. The first-order valence-corrected chi connectivity index (χ1v) is 10.3. The van der Waals surface area contributed by atoms with Gasteiger partial charge in [-0.05, 0) is 44.9 Å². The number of nitrogens with zero attached hydrogens (tertiary/aromatic N) is 5. The van der Waals surface area contributed by atoms with Gasteiger partial charge in [0.25, 0.3) is 0 Å². The molecule has 0 spiro atoms. The van der Waals surface area contributed by atoms with Crippen molar-refractivity contribution >= 4 is 23.2 Å². The highest BCUT2D eigenvalue weighted by Crippen LogP contribution is 2.29. The van der Waals surface area contributed by atoms with E-state index in [4.69, 9.17) is 16.7 Å². The predicted molar refractivity (Wildman–Crippen MR) is 111 cm³/mol. The number of fused-ring (bicyclic) bond motifs is 1. The lowest BCUT2D eigenvalue weighted by Gasteiger charge is -2.34. The van der Waals surface area contributed by atoms with E-state index >= 15 is 0 Å². The summed E-state index contributed by atoms with van der Waals surface area (Å²) in [5, 5.41) is 17.0. The number of anilines is 1. The molecule has 0 amide bonds. The maximum atomic E-state index is 14.3. The molecule has 4 rings (SSSR count). The van der Waals surface area contributed by atoms with Gasteiger partial charge in [0.1, 0.15) is 16.7 Å². The van der Waals surface area contributed by atoms with Crippen LogP contribution in [0.1, 0.15) is 25.7 Å². The Bertz CT molecular complexity index is 1020. The fourth-order valence-electron chi connectivity index (χ4n) is 3.95. The second-order valence-corrected chi connectivity index (χ2v) is 7.96. The summed E-state index contributed by atoms with van der Waals surface area (Å²) in [4.78, 5) is 10.8. The summed E-state index contributed by atoms with van der Waals surface area (Å²) < 4.78 is 30.1. The third-order valence-electron chi connectivity index (χ3n) is 5.62. The van der Waals surface area contributed by atoms with E-state index in [-0.39, 0.29) is 34.7 Å². The Balaban J connectivity index is 1.62. The molecule has 1 saturated carbocycles. The van der Waals surface area contributed by atoms with Gasteiger partial charge in [-0.25, -0.2) is 13.8 Å². The summed E-state index contributed by atoms with van der Waals surface area (Å²) in [5.74, 6) is -1.22. The number of aromatic nitrogens is 4. The molecule has 160 valence electrons. The van der Waals surface area contributed by atoms with Gasteiger partial charge >= 0.3 is 0 Å². The van der Waals surface area contributed by atoms with Crippen molar-refractivity contribution in [2.75, 3.05) is 25.5 Å². The number of likely N-dealkylation sites (N-methyl/N-ethyl adjacent to an activating group) is 1. The molecule has 0 unspecified atom stereocenters. The van der Waals surface area contributed by atoms with Crippen LogP contribution in [0.2, 0.25) is 5.02 Å². The zero-order valence-corrected chi connectivity index (χ0v) is 17.3. The van der Waals surface area contributed by atoms with E-state index in [0.29, 0.717) is 18.5 Å². The van der Waals surface area contributed by atoms with Gasteiger partial charge in [0.2, 0.25) is 5.95 Å². The van der Waals surface area contributed by atoms with Crippen LogP contribution in [0.4, 0.5) is 14.7 Å². The molecule has 7 nitrogen and oxygen atoms in total. The third kappa shape index (κ3) is 4.10. The largest absolute Gasteiger partial charge is 0.395 e. The molecule has 0 saturated heterocycles. The Labute approximate surface area is 177 Å². The van der Waals surface area contributed by atoms with E-state index in [9.17, 15) is 8.78 Å². The van der Waals surface area contributed by atoms with Crippen molar-refractivity contribution in [2.45, 2.75) is 37.8 Å². The fraction of sp³-hybridized carbons (Fsp3) is 0.450. The number of benzene rings is 1. The number of aliphatic hydroxyl groups excluding tert-OH is 1. The highest BCUT2D eigenvalue weighted by molar-refractivity contribution is 6.33. The lowest BCUT2D eigenvalue weighted by Crippen LogP contribution is -2.39. The van der Waals surface area contributed by atoms with Crippen LogP contribution in [-0.4, -0.2) is 61.9 Å². The topological polar surface area (TPSA) is 78.6 Å². The monoisotopic (exact) mass is 436 g/mol. The molecule has 1 aromatic carbocycles. The second-order valence-electron chi connectivity index (χ2n) is 7.55. The van der Waals surface area contributed by atoms with Crippen LogP contribution in [0.25, 0.3) is 17.0 Å². The van der Waals surface area contributed by atoms with Crippen molar-refractivity contribution in [3.8, 4) is 11.4 Å². The molecule has 2 N–H and O–H groups in total. The molecule has 3 aromatic rings. The minimum Gasteiger partial charge on any atom is -0.395 e. The van der Waals surface area contributed by atoms with Crippen molar-refractivity contribution in [3.63, 3.8) is 0 Å². The summed E-state index contributed by atoms with van der Waals surface area (Å²) in [7, 11) is 2.02. The highest BCUT2D eigenvalue weighted by atomic mass is 35.5. The van der Waals surface area contributed by atoms with Crippen LogP contribution in [0.3, 0.4) is 0 Å². The molecule has 2 aromatic heterocycles. The van der Waals surface area contributed by atoms with Crippen molar-refractivity contribution in [1.82, 2.24) is 24.5 Å². The molecule has 0 bridgehead atoms. The van der Waals surface area contributed by atoms with Gasteiger partial charge in [-0.15, -0.1) is 0 Å². The highest BCUT2D eigenvalue weighted by Gasteiger charge is 2.26. The van der Waals surface area contributed by atoms with Gasteiger partial charge in [0.15, 0.2) is 11.5 Å². The first-order valence-electron chi connectivity index (χ1n) is 9.91. The lowest BCUT2D eigenvalue weighted by atomic mass is 9.90. The van der Waals surface area contributed by atoms with Crippen molar-refractivity contribution in [2.24, 2.45) is 0 Å². The smallest absolute Gasteiger partial charge is 0.228 e. The van der Waals surface area contributed by atoms with E-state index in [1.54, 1.807) is 0 Å². The number of hydrogen-bond acceptors (Lipinski definition) is 6. The molecule has 10 heteroatoms. The molecular weight excluding hydrogens is 414 g/mol. The van der Waals surface area contributed by atoms with E-state index in [0.717, 1.165) is 25.7 Å². The normalized spacial score (nSPS) is 19.5. The van der Waals surface area contributed by atoms with Gasteiger partial charge < -0.3 is 15.3 Å². The average molecular weight is 437 g/mol. The van der Waals surface area contributed by atoms with E-state index in [1.165, 1.54) is 28.9 Å². The molecule has 30 heavy (non-hydrogen) atoms. The number of rotatable bonds is 6. The summed E-state index contributed by atoms with van der Waals surface area (Å²) in [6, 6.07) is 4.18. The second kappa shape index (κ2) is 8.79. The minimum atomic E-state index is -0.742. The van der Waals surface area contributed by atoms with E-state index < -0.39 is 11.6 Å². The Morgan fingerprint density at radius 1 is 1.20 bits per heavy atom. The van der Waals surface area contributed by atoms with Crippen molar-refractivity contribution < 1.29 is 13.9 Å². The van der Waals surface area contributed by atoms with Crippen molar-refractivity contribution in [3.05, 3.63) is 41.1 Å². The summed E-state index contributed by atoms with van der Waals surface area (Å²) in [6.07, 6.45) is 5.15. The standard InChI is InChI=1S/C20H23ClF2N6O/c1-28(9-10-30)13-7-5-12(6-8-13)25-20-27-18(17-15(22)3-2-4-16(17)23)26-19-14(21)11-24-29(19)20/h2-4,11-13,30H,5-10H2,1H3,(H,25,26,27). The van der Waals surface area contributed by atoms with Gasteiger partial charge in [-0.1, -0.05) is 17.7 Å². The van der Waals surface area contributed by atoms with Crippen molar-refractivity contribution in [1.29, 1.82) is 0 Å². The summed E-state index contributed by atoms with van der Waals surface area (Å²) in [5.41, 5.74) is -0.0159. The maximum Gasteiger partial charge on any atom is 0.228 e. The molecule has 1 aliphatic rings. The van der Waals surface area contributed by atoms with Crippen LogP contribution >= 0.6 is 11.6 Å². The van der Waals surface area contributed by atoms with Gasteiger partial charge in [-0.2, -0.15) is 14.6 Å². The Morgan fingerprint density at radius 2 is 1.90 bits per heavy atom. The van der Waals surface area contributed by atoms with Crippen LogP contribution in [0.5, 0.6) is 0 Å². The first kappa shape index (κ1) is 20.9.